The molecule has 8 nitrogen and oxygen atoms in total. The topological polar surface area (TPSA) is 98.6 Å². The minimum absolute atomic E-state index is 0.0620. The second-order valence-electron chi connectivity index (χ2n) is 8.70. The molecule has 1 saturated carbocycles. The van der Waals surface area contributed by atoms with E-state index in [0.29, 0.717) is 43.4 Å². The predicted octanol–water partition coefficient (Wildman–Crippen LogP) is 3.46. The quantitative estimate of drug-likeness (QED) is 0.484. The standard InChI is InChI=1S/C26H33N5O3/c1-5-31(16-18(2)28-24(33)11-12-34-4)26-21(15-27)14-23(25(29-26)19-9-10-19)20-7-6-8-22(13-20)30(3)17-32/h6-8,13-14,17-19H,5,9-12,16H2,1-4H3,(H,28,33). The molecule has 8 heteroatoms. The normalized spacial score (nSPS) is 13.6. The molecule has 1 fully saturated rings. The first kappa shape index (κ1) is 25.2. The van der Waals surface area contributed by atoms with Gasteiger partial charge in [-0.1, -0.05) is 12.1 Å². The van der Waals surface area contributed by atoms with Gasteiger partial charge in [-0.25, -0.2) is 4.98 Å². The van der Waals surface area contributed by atoms with Crippen LogP contribution in [0.25, 0.3) is 11.1 Å². The van der Waals surface area contributed by atoms with Crippen molar-refractivity contribution in [2.45, 2.75) is 45.1 Å². The smallest absolute Gasteiger partial charge is 0.222 e. The number of ether oxygens (including phenoxy) is 1. The van der Waals surface area contributed by atoms with Crippen LogP contribution in [0.4, 0.5) is 11.5 Å². The van der Waals surface area contributed by atoms with E-state index in [0.717, 1.165) is 41.8 Å². The van der Waals surface area contributed by atoms with E-state index in [1.165, 1.54) is 4.90 Å². The van der Waals surface area contributed by atoms with Gasteiger partial charge in [0.2, 0.25) is 12.3 Å². The third kappa shape index (κ3) is 6.12. The maximum atomic E-state index is 12.1. The summed E-state index contributed by atoms with van der Waals surface area (Å²) in [6, 6.07) is 11.9. The molecule has 0 aliphatic heterocycles. The first-order valence-electron chi connectivity index (χ1n) is 11.7. The Morgan fingerprint density at radius 1 is 1.38 bits per heavy atom. The van der Waals surface area contributed by atoms with E-state index >= 15 is 0 Å². The molecule has 0 radical (unpaired) electrons. The Bertz CT molecular complexity index is 1060. The number of amides is 2. The second-order valence-corrected chi connectivity index (χ2v) is 8.70. The summed E-state index contributed by atoms with van der Waals surface area (Å²) in [6.45, 7) is 5.55. The lowest BCUT2D eigenvalue weighted by molar-refractivity contribution is -0.122. The minimum Gasteiger partial charge on any atom is -0.384 e. The number of methoxy groups -OCH3 is 1. The van der Waals surface area contributed by atoms with Gasteiger partial charge in [0.15, 0.2) is 0 Å². The van der Waals surface area contributed by atoms with Crippen molar-refractivity contribution < 1.29 is 14.3 Å². The van der Waals surface area contributed by atoms with Gasteiger partial charge in [-0.15, -0.1) is 0 Å². The zero-order valence-electron chi connectivity index (χ0n) is 20.4. The van der Waals surface area contributed by atoms with Crippen LogP contribution in [-0.2, 0) is 14.3 Å². The average Bonchev–Trinajstić information content (AvgIpc) is 3.70. The number of aromatic nitrogens is 1. The van der Waals surface area contributed by atoms with Crippen LogP contribution in [0.15, 0.2) is 30.3 Å². The van der Waals surface area contributed by atoms with Gasteiger partial charge in [-0.3, -0.25) is 9.59 Å². The van der Waals surface area contributed by atoms with Gasteiger partial charge in [0.25, 0.3) is 0 Å². The molecule has 3 rings (SSSR count). The predicted molar refractivity (Wildman–Crippen MR) is 133 cm³/mol. The lowest BCUT2D eigenvalue weighted by Crippen LogP contribution is -2.42. The molecule has 1 unspecified atom stereocenters. The highest BCUT2D eigenvalue weighted by Gasteiger charge is 2.30. The maximum absolute atomic E-state index is 12.1. The molecule has 1 atom stereocenters. The number of benzene rings is 1. The lowest BCUT2D eigenvalue weighted by Gasteiger charge is -2.28. The van der Waals surface area contributed by atoms with Crippen molar-refractivity contribution in [3.8, 4) is 17.2 Å². The molecule has 0 bridgehead atoms. The number of rotatable bonds is 12. The maximum Gasteiger partial charge on any atom is 0.222 e. The monoisotopic (exact) mass is 463 g/mol. The Kier molecular flexibility index (Phi) is 8.61. The van der Waals surface area contributed by atoms with E-state index in [2.05, 4.69) is 11.4 Å². The van der Waals surface area contributed by atoms with E-state index in [1.807, 2.05) is 49.1 Å². The molecular formula is C26H33N5O3. The summed E-state index contributed by atoms with van der Waals surface area (Å²) in [4.78, 5) is 31.9. The Hall–Kier alpha value is -3.44. The van der Waals surface area contributed by atoms with Crippen LogP contribution >= 0.6 is 0 Å². The van der Waals surface area contributed by atoms with Crippen molar-refractivity contribution in [3.05, 3.63) is 41.6 Å². The highest BCUT2D eigenvalue weighted by molar-refractivity contribution is 5.80. The number of hydrogen-bond donors (Lipinski definition) is 1. The Labute approximate surface area is 201 Å². The molecule has 34 heavy (non-hydrogen) atoms. The van der Waals surface area contributed by atoms with E-state index < -0.39 is 0 Å². The van der Waals surface area contributed by atoms with Crippen molar-refractivity contribution >= 4 is 23.8 Å². The van der Waals surface area contributed by atoms with E-state index in [1.54, 1.807) is 14.2 Å². The molecule has 0 spiro atoms. The fourth-order valence-electron chi connectivity index (χ4n) is 3.98. The van der Waals surface area contributed by atoms with Gasteiger partial charge in [0.05, 0.1) is 17.9 Å². The SMILES string of the molecule is CCN(CC(C)NC(=O)CCOC)c1nc(C2CC2)c(-c2cccc(N(C)C=O)c2)cc1C#N. The van der Waals surface area contributed by atoms with Crippen molar-refractivity contribution in [2.24, 2.45) is 0 Å². The molecule has 1 aromatic carbocycles. The van der Waals surface area contributed by atoms with Crippen LogP contribution in [0.2, 0.25) is 0 Å². The largest absolute Gasteiger partial charge is 0.384 e. The van der Waals surface area contributed by atoms with Gasteiger partial charge in [-0.05, 0) is 50.5 Å². The number of likely N-dealkylation sites (N-methyl/N-ethyl adjacent to an activating group) is 1. The zero-order chi connectivity index (χ0) is 24.7. The summed E-state index contributed by atoms with van der Waals surface area (Å²) >= 11 is 0. The Balaban J connectivity index is 1.93. The van der Waals surface area contributed by atoms with Crippen molar-refractivity contribution in [3.63, 3.8) is 0 Å². The van der Waals surface area contributed by atoms with Crippen LogP contribution < -0.4 is 15.1 Å². The van der Waals surface area contributed by atoms with Gasteiger partial charge in [-0.2, -0.15) is 5.26 Å². The molecule has 1 heterocycles. The summed E-state index contributed by atoms with van der Waals surface area (Å²) in [7, 11) is 3.28. The Morgan fingerprint density at radius 2 is 2.15 bits per heavy atom. The number of nitriles is 1. The molecule has 1 aliphatic rings. The number of nitrogens with zero attached hydrogens (tertiary/aromatic N) is 4. The van der Waals surface area contributed by atoms with Crippen molar-refractivity contribution in [1.82, 2.24) is 10.3 Å². The van der Waals surface area contributed by atoms with Gasteiger partial charge in [0.1, 0.15) is 11.9 Å². The van der Waals surface area contributed by atoms with Gasteiger partial charge in [0, 0.05) is 56.9 Å². The minimum atomic E-state index is -0.114. The molecule has 1 aromatic heterocycles. The van der Waals surface area contributed by atoms with E-state index in [-0.39, 0.29) is 11.9 Å². The van der Waals surface area contributed by atoms with Crippen LogP contribution in [0.3, 0.4) is 0 Å². The van der Waals surface area contributed by atoms with Crippen LogP contribution in [0, 0.1) is 11.3 Å². The summed E-state index contributed by atoms with van der Waals surface area (Å²) in [5, 5.41) is 13.0. The fourth-order valence-corrected chi connectivity index (χ4v) is 3.98. The highest BCUT2D eigenvalue weighted by Crippen LogP contribution is 2.45. The van der Waals surface area contributed by atoms with E-state index in [9.17, 15) is 14.9 Å². The molecule has 2 aromatic rings. The van der Waals surface area contributed by atoms with Crippen molar-refractivity contribution in [2.75, 3.05) is 43.7 Å². The highest BCUT2D eigenvalue weighted by atomic mass is 16.5. The summed E-state index contributed by atoms with van der Waals surface area (Å²) in [5.74, 6) is 0.946. The van der Waals surface area contributed by atoms with Gasteiger partial charge >= 0.3 is 0 Å². The first-order valence-corrected chi connectivity index (χ1v) is 11.7. The first-order chi connectivity index (χ1) is 16.4. The summed E-state index contributed by atoms with van der Waals surface area (Å²) in [6.07, 6.45) is 3.22. The summed E-state index contributed by atoms with van der Waals surface area (Å²) < 4.78 is 4.97. The molecule has 0 saturated heterocycles. The molecule has 2 amide bonds. The lowest BCUT2D eigenvalue weighted by atomic mass is 9.98. The molecule has 1 aliphatic carbocycles. The number of carbonyl (C=O) groups is 2. The number of anilines is 2. The number of pyridine rings is 1. The summed E-state index contributed by atoms with van der Waals surface area (Å²) in [5.41, 5.74) is 4.12. The van der Waals surface area contributed by atoms with Crippen LogP contribution in [0.1, 0.15) is 50.3 Å². The molecular weight excluding hydrogens is 430 g/mol. The van der Waals surface area contributed by atoms with Crippen molar-refractivity contribution in [1.29, 1.82) is 5.26 Å². The molecule has 1 N–H and O–H groups in total. The third-order valence-corrected chi connectivity index (χ3v) is 5.96. The number of nitrogens with one attached hydrogen (secondary N) is 1. The fraction of sp³-hybridized carbons (Fsp3) is 0.462. The molecule has 180 valence electrons. The van der Waals surface area contributed by atoms with Gasteiger partial charge < -0.3 is 19.9 Å². The van der Waals surface area contributed by atoms with Crippen LogP contribution in [0.5, 0.6) is 0 Å². The Morgan fingerprint density at radius 3 is 2.76 bits per heavy atom. The van der Waals surface area contributed by atoms with Crippen LogP contribution in [-0.4, -0.2) is 57.2 Å². The third-order valence-electron chi connectivity index (χ3n) is 5.96. The second kappa shape index (κ2) is 11.6. The zero-order valence-corrected chi connectivity index (χ0v) is 20.4. The number of hydrogen-bond acceptors (Lipinski definition) is 6. The average molecular weight is 464 g/mol. The van der Waals surface area contributed by atoms with E-state index in [4.69, 9.17) is 9.72 Å². The number of carbonyl (C=O) groups excluding carboxylic acids is 2.